The minimum absolute atomic E-state index is 0.133. The van der Waals surface area contributed by atoms with Gasteiger partial charge in [-0.2, -0.15) is 0 Å². The van der Waals surface area contributed by atoms with E-state index in [0.717, 1.165) is 88.4 Å². The van der Waals surface area contributed by atoms with Crippen molar-refractivity contribution in [2.45, 2.75) is 123 Å². The zero-order valence-corrected chi connectivity index (χ0v) is 44.2. The van der Waals surface area contributed by atoms with Crippen molar-refractivity contribution in [3.63, 3.8) is 0 Å². The van der Waals surface area contributed by atoms with E-state index in [1.165, 1.54) is 36.9 Å². The van der Waals surface area contributed by atoms with Crippen LogP contribution in [0.25, 0.3) is 0 Å². The Labute approximate surface area is 418 Å². The third kappa shape index (κ3) is 15.0. The number of hydrogen-bond acceptors (Lipinski definition) is 11. The molecule has 2 saturated carbocycles. The minimum Gasteiger partial charge on any atom is -0.465 e. The lowest BCUT2D eigenvalue weighted by atomic mass is 9.69. The molecule has 3 heterocycles. The fourth-order valence-corrected chi connectivity index (χ4v) is 11.6. The first-order valence-electron chi connectivity index (χ1n) is 23.1. The Kier molecular flexibility index (Phi) is 19.4. The van der Waals surface area contributed by atoms with Crippen molar-refractivity contribution in [1.82, 2.24) is 15.5 Å². The minimum atomic E-state index is -0.659. The Morgan fingerprint density at radius 1 is 0.791 bits per heavy atom. The van der Waals surface area contributed by atoms with Crippen LogP contribution in [0.3, 0.4) is 0 Å². The summed E-state index contributed by atoms with van der Waals surface area (Å²) in [7, 11) is 2.73. The van der Waals surface area contributed by atoms with E-state index < -0.39 is 6.04 Å². The summed E-state index contributed by atoms with van der Waals surface area (Å²) in [4.78, 5) is 63.5. The molecule has 364 valence electrons. The van der Waals surface area contributed by atoms with Gasteiger partial charge >= 0.3 is 11.9 Å². The van der Waals surface area contributed by atoms with Crippen LogP contribution < -0.4 is 16.4 Å². The summed E-state index contributed by atoms with van der Waals surface area (Å²) in [5, 5.41) is 6.57. The lowest BCUT2D eigenvalue weighted by Gasteiger charge is -2.46. The van der Waals surface area contributed by atoms with E-state index >= 15 is 0 Å². The van der Waals surface area contributed by atoms with Crippen molar-refractivity contribution in [2.24, 2.45) is 28.4 Å². The molecule has 4 aromatic rings. The molecule has 4 N–H and O–H groups in total. The van der Waals surface area contributed by atoms with Crippen LogP contribution in [0, 0.1) is 22.7 Å². The Hall–Kier alpha value is -3.92. The summed E-state index contributed by atoms with van der Waals surface area (Å²) in [6.45, 7) is 14.9. The largest absolute Gasteiger partial charge is 0.465 e. The summed E-state index contributed by atoms with van der Waals surface area (Å²) >= 11 is 12.5. The van der Waals surface area contributed by atoms with Crippen LogP contribution >= 0.6 is 50.2 Å². The SMILES string of the molecule is CC(C)(C)C1CCC(=O)CC1.COC(=O)c1ccc(CCN2C(=O)C(c3ccc(Cl)s3)NC23CCC(C(C)(C)C)CC3)cc1.COC(=O)c1ccc(CCNC(=O)C(N)c2ccc(Br)s2)cc1. The zero-order valence-electron chi connectivity index (χ0n) is 40.2. The second-order valence-electron chi connectivity index (χ2n) is 19.8. The van der Waals surface area contributed by atoms with Crippen LogP contribution in [-0.4, -0.2) is 67.4 Å². The molecule has 3 fully saturated rings. The average molecular weight is 1040 g/mol. The van der Waals surface area contributed by atoms with Gasteiger partial charge in [-0.25, -0.2) is 9.59 Å². The van der Waals surface area contributed by atoms with Gasteiger partial charge in [0, 0.05) is 35.7 Å². The Balaban J connectivity index is 0.000000213. The number of rotatable bonds is 11. The van der Waals surface area contributed by atoms with Gasteiger partial charge < -0.3 is 25.4 Å². The molecule has 2 atom stereocenters. The summed E-state index contributed by atoms with van der Waals surface area (Å²) < 4.78 is 11.1. The molecule has 11 nitrogen and oxygen atoms in total. The lowest BCUT2D eigenvalue weighted by Crippen LogP contribution is -2.55. The van der Waals surface area contributed by atoms with E-state index in [0.29, 0.717) is 52.1 Å². The molecular weight excluding hydrogens is 972 g/mol. The van der Waals surface area contributed by atoms with Crippen molar-refractivity contribution in [2.75, 3.05) is 27.3 Å². The highest BCUT2D eigenvalue weighted by molar-refractivity contribution is 9.11. The van der Waals surface area contributed by atoms with E-state index in [1.807, 2.05) is 48.5 Å². The van der Waals surface area contributed by atoms with Gasteiger partial charge in [0.05, 0.1) is 39.1 Å². The number of hydrogen-bond donors (Lipinski definition) is 3. The molecule has 2 aromatic carbocycles. The van der Waals surface area contributed by atoms with Crippen LogP contribution in [0.1, 0.15) is 147 Å². The monoisotopic (exact) mass is 1040 g/mol. The molecule has 1 aliphatic heterocycles. The van der Waals surface area contributed by atoms with E-state index in [2.05, 4.69) is 77.7 Å². The first kappa shape index (κ1) is 54.0. The molecule has 67 heavy (non-hydrogen) atoms. The van der Waals surface area contributed by atoms with Crippen molar-refractivity contribution < 1.29 is 33.4 Å². The van der Waals surface area contributed by atoms with Gasteiger partial charge in [-0.3, -0.25) is 19.7 Å². The van der Waals surface area contributed by atoms with Gasteiger partial charge in [0.25, 0.3) is 0 Å². The third-order valence-electron chi connectivity index (χ3n) is 13.4. The maximum Gasteiger partial charge on any atom is 0.337 e. The molecular formula is C52H68BrClN4O7S2. The normalized spacial score (nSPS) is 20.3. The smallest absolute Gasteiger partial charge is 0.337 e. The maximum atomic E-state index is 13.6. The van der Waals surface area contributed by atoms with E-state index in [9.17, 15) is 24.0 Å². The predicted octanol–water partition coefficient (Wildman–Crippen LogP) is 11.3. The van der Waals surface area contributed by atoms with E-state index in [4.69, 9.17) is 22.1 Å². The van der Waals surface area contributed by atoms with Crippen LogP contribution in [0.2, 0.25) is 4.34 Å². The number of ether oxygens (including phenoxy) is 2. The number of amides is 2. The molecule has 0 radical (unpaired) electrons. The third-order valence-corrected chi connectivity index (χ3v) is 16.4. The Bertz CT molecular complexity index is 2280. The molecule has 3 aliphatic rings. The summed E-state index contributed by atoms with van der Waals surface area (Å²) in [5.41, 5.74) is 9.44. The van der Waals surface area contributed by atoms with E-state index in [1.54, 1.807) is 24.3 Å². The molecule has 2 amide bonds. The number of nitrogens with zero attached hydrogens (tertiary/aromatic N) is 1. The molecule has 1 spiro atoms. The van der Waals surface area contributed by atoms with E-state index in [-0.39, 0.29) is 40.9 Å². The number of nitrogens with two attached hydrogens (primary N) is 1. The molecule has 0 bridgehead atoms. The maximum absolute atomic E-state index is 13.6. The number of ketones is 1. The molecule has 2 aromatic heterocycles. The van der Waals surface area contributed by atoms with Crippen LogP contribution in [-0.2, 0) is 36.7 Å². The first-order chi connectivity index (χ1) is 31.6. The summed E-state index contributed by atoms with van der Waals surface area (Å²) in [6, 6.07) is 21.1. The number of methoxy groups -OCH3 is 2. The quantitative estimate of drug-likeness (QED) is 0.124. The van der Waals surface area contributed by atoms with Gasteiger partial charge in [0.2, 0.25) is 11.8 Å². The number of carbonyl (C=O) groups is 5. The van der Waals surface area contributed by atoms with Gasteiger partial charge in [-0.05, 0) is 150 Å². The fraction of sp³-hybridized carbons (Fsp3) is 0.519. The van der Waals surface area contributed by atoms with Crippen molar-refractivity contribution in [1.29, 1.82) is 0 Å². The van der Waals surface area contributed by atoms with Gasteiger partial charge in [0.1, 0.15) is 17.9 Å². The van der Waals surface area contributed by atoms with Gasteiger partial charge in [-0.1, -0.05) is 77.4 Å². The summed E-state index contributed by atoms with van der Waals surface area (Å²) in [6.07, 6.45) is 9.38. The molecule has 7 rings (SSSR count). The molecule has 2 unspecified atom stereocenters. The zero-order chi connectivity index (χ0) is 49.1. The van der Waals surface area contributed by atoms with Crippen LogP contribution in [0.5, 0.6) is 0 Å². The molecule has 15 heteroatoms. The standard InChI is InChI=1S/C26H33ClN2O3S.C16H17BrN2O3S.C10H18O/c1-25(2,3)19-11-14-26(15-12-19)28-22(20-9-10-21(27)33-20)23(30)29(26)16-13-17-5-7-18(8-6-17)24(31)32-4;1-22-16(21)11-4-2-10(3-5-11)8-9-19-15(20)14(18)12-6-7-13(17)23-12;1-10(2,3)8-4-6-9(11)7-5-8/h5-10,19,22,28H,11-16H2,1-4H3;2-7,14H,8-9,18H2,1H3,(H,19,20);8H,4-7H2,1-3H3. The number of Topliss-reactive ketones (excluding diaryl/α,β-unsaturated/α-hetero) is 1. The first-order valence-corrected chi connectivity index (χ1v) is 25.9. The number of thiophene rings is 2. The number of nitrogens with one attached hydrogen (secondary N) is 2. The average Bonchev–Trinajstić information content (AvgIpc) is 4.01. The van der Waals surface area contributed by atoms with Gasteiger partial charge in [-0.15, -0.1) is 22.7 Å². The number of benzene rings is 2. The Morgan fingerprint density at radius 2 is 1.31 bits per heavy atom. The number of halogens is 2. The molecule has 1 saturated heterocycles. The topological polar surface area (TPSA) is 157 Å². The second-order valence-corrected chi connectivity index (χ2v) is 24.1. The number of esters is 2. The predicted molar refractivity (Wildman–Crippen MR) is 272 cm³/mol. The highest BCUT2D eigenvalue weighted by Gasteiger charge is 2.53. The van der Waals surface area contributed by atoms with Crippen molar-refractivity contribution in [3.05, 3.63) is 113 Å². The fourth-order valence-electron chi connectivity index (χ4n) is 9.11. The summed E-state index contributed by atoms with van der Waals surface area (Å²) in [5.74, 6) is 1.11. The second kappa shape index (κ2) is 24.1. The van der Waals surface area contributed by atoms with Gasteiger partial charge in [0.15, 0.2) is 0 Å². The lowest BCUT2D eigenvalue weighted by molar-refractivity contribution is -0.133. The highest BCUT2D eigenvalue weighted by atomic mass is 79.9. The van der Waals surface area contributed by atoms with Crippen LogP contribution in [0.15, 0.2) is 76.6 Å². The Morgan fingerprint density at radius 3 is 1.78 bits per heavy atom. The highest BCUT2D eigenvalue weighted by Crippen LogP contribution is 2.47. The van der Waals surface area contributed by atoms with Crippen LogP contribution in [0.4, 0.5) is 0 Å². The van der Waals surface area contributed by atoms with Crippen molar-refractivity contribution in [3.8, 4) is 0 Å². The number of carbonyl (C=O) groups excluding carboxylic acids is 5. The van der Waals surface area contributed by atoms with Crippen molar-refractivity contribution >= 4 is 79.7 Å². The molecule has 2 aliphatic carbocycles.